The quantitative estimate of drug-likeness (QED) is 0.797. The Hall–Kier alpha value is -2.81. The van der Waals surface area contributed by atoms with Crippen LogP contribution in [0.5, 0.6) is 0 Å². The number of aromatic nitrogens is 4. The number of hydrogen-bond acceptors (Lipinski definition) is 6. The first-order valence-electron chi connectivity index (χ1n) is 8.03. The Labute approximate surface area is 144 Å². The summed E-state index contributed by atoms with van der Waals surface area (Å²) in [5, 5.41) is 12.7. The Balaban J connectivity index is 1.59. The van der Waals surface area contributed by atoms with E-state index in [0.29, 0.717) is 32.5 Å². The molecule has 0 bridgehead atoms. The number of likely N-dealkylation sites (tertiary alicyclic amines) is 1. The molecule has 9 nitrogen and oxygen atoms in total. The summed E-state index contributed by atoms with van der Waals surface area (Å²) in [6.07, 6.45) is 3.91. The van der Waals surface area contributed by atoms with Crippen LogP contribution in [0.15, 0.2) is 30.6 Å². The Morgan fingerprint density at radius 2 is 2.16 bits per heavy atom. The zero-order valence-corrected chi connectivity index (χ0v) is 13.9. The van der Waals surface area contributed by atoms with Gasteiger partial charge in [0.2, 0.25) is 0 Å². The SMILES string of the molecule is COC1(C(=O)NCc2ccccn2)CCN(C(=O)c2cn[nH]n2)CC1. The van der Waals surface area contributed by atoms with E-state index in [1.54, 1.807) is 11.1 Å². The monoisotopic (exact) mass is 344 g/mol. The van der Waals surface area contributed by atoms with Gasteiger partial charge in [-0.3, -0.25) is 14.6 Å². The van der Waals surface area contributed by atoms with Crippen LogP contribution in [0, 0.1) is 0 Å². The van der Waals surface area contributed by atoms with Gasteiger partial charge in [-0.2, -0.15) is 15.4 Å². The van der Waals surface area contributed by atoms with E-state index in [-0.39, 0.29) is 17.5 Å². The highest BCUT2D eigenvalue weighted by Crippen LogP contribution is 2.27. The maximum absolute atomic E-state index is 12.6. The Morgan fingerprint density at radius 3 is 2.76 bits per heavy atom. The first kappa shape index (κ1) is 17.0. The maximum Gasteiger partial charge on any atom is 0.276 e. The van der Waals surface area contributed by atoms with Crippen molar-refractivity contribution in [1.82, 2.24) is 30.6 Å². The highest BCUT2D eigenvalue weighted by atomic mass is 16.5. The van der Waals surface area contributed by atoms with Crippen molar-refractivity contribution in [1.29, 1.82) is 0 Å². The van der Waals surface area contributed by atoms with Gasteiger partial charge in [-0.1, -0.05) is 6.07 Å². The topological polar surface area (TPSA) is 113 Å². The van der Waals surface area contributed by atoms with E-state index in [4.69, 9.17) is 4.74 Å². The second-order valence-electron chi connectivity index (χ2n) is 5.85. The number of carbonyl (C=O) groups is 2. The van der Waals surface area contributed by atoms with E-state index < -0.39 is 5.60 Å². The molecule has 3 heterocycles. The molecule has 0 radical (unpaired) electrons. The van der Waals surface area contributed by atoms with Crippen LogP contribution < -0.4 is 5.32 Å². The number of hydrogen-bond donors (Lipinski definition) is 2. The number of aromatic amines is 1. The van der Waals surface area contributed by atoms with Crippen molar-refractivity contribution in [3.8, 4) is 0 Å². The molecule has 0 unspecified atom stereocenters. The summed E-state index contributed by atoms with van der Waals surface area (Å²) >= 11 is 0. The van der Waals surface area contributed by atoms with E-state index >= 15 is 0 Å². The molecule has 0 saturated carbocycles. The zero-order valence-electron chi connectivity index (χ0n) is 13.9. The van der Waals surface area contributed by atoms with Crippen LogP contribution >= 0.6 is 0 Å². The van der Waals surface area contributed by atoms with Crippen LogP contribution in [-0.2, 0) is 16.1 Å². The molecule has 2 aromatic rings. The molecule has 0 spiro atoms. The molecule has 1 saturated heterocycles. The number of H-pyrrole nitrogens is 1. The molecular formula is C16H20N6O3. The summed E-state index contributed by atoms with van der Waals surface area (Å²) in [5.41, 5.74) is 0.111. The fraction of sp³-hybridized carbons (Fsp3) is 0.438. The third-order valence-corrected chi connectivity index (χ3v) is 4.45. The molecule has 9 heteroatoms. The van der Waals surface area contributed by atoms with Crippen LogP contribution in [0.1, 0.15) is 29.0 Å². The summed E-state index contributed by atoms with van der Waals surface area (Å²) < 4.78 is 5.54. The summed E-state index contributed by atoms with van der Waals surface area (Å²) in [4.78, 5) is 30.8. The zero-order chi connectivity index (χ0) is 17.7. The van der Waals surface area contributed by atoms with Crippen LogP contribution in [0.3, 0.4) is 0 Å². The molecule has 132 valence electrons. The lowest BCUT2D eigenvalue weighted by Crippen LogP contribution is -2.55. The fourth-order valence-electron chi connectivity index (χ4n) is 2.90. The molecule has 1 fully saturated rings. The smallest absolute Gasteiger partial charge is 0.276 e. The van der Waals surface area contributed by atoms with Gasteiger partial charge in [-0.15, -0.1) is 0 Å². The Kier molecular flexibility index (Phi) is 5.03. The number of methoxy groups -OCH3 is 1. The minimum atomic E-state index is -0.935. The first-order valence-corrected chi connectivity index (χ1v) is 8.03. The van der Waals surface area contributed by atoms with Gasteiger partial charge in [0.05, 0.1) is 18.4 Å². The van der Waals surface area contributed by atoms with Gasteiger partial charge in [0.15, 0.2) is 5.69 Å². The number of rotatable bonds is 5. The highest BCUT2D eigenvalue weighted by molar-refractivity contribution is 5.92. The highest BCUT2D eigenvalue weighted by Gasteiger charge is 2.42. The van der Waals surface area contributed by atoms with Crippen molar-refractivity contribution < 1.29 is 14.3 Å². The van der Waals surface area contributed by atoms with E-state index in [1.807, 2.05) is 18.2 Å². The van der Waals surface area contributed by atoms with Crippen molar-refractivity contribution in [2.75, 3.05) is 20.2 Å². The van der Waals surface area contributed by atoms with Crippen LogP contribution in [0.4, 0.5) is 0 Å². The molecule has 25 heavy (non-hydrogen) atoms. The largest absolute Gasteiger partial charge is 0.368 e. The van der Waals surface area contributed by atoms with E-state index in [9.17, 15) is 9.59 Å². The predicted molar refractivity (Wildman–Crippen MR) is 87.3 cm³/mol. The first-order chi connectivity index (χ1) is 12.1. The van der Waals surface area contributed by atoms with Gasteiger partial charge in [0.25, 0.3) is 11.8 Å². The van der Waals surface area contributed by atoms with Crippen LogP contribution in [0.25, 0.3) is 0 Å². The average molecular weight is 344 g/mol. The Morgan fingerprint density at radius 1 is 1.36 bits per heavy atom. The molecule has 2 aromatic heterocycles. The van der Waals surface area contributed by atoms with Crippen molar-refractivity contribution >= 4 is 11.8 Å². The van der Waals surface area contributed by atoms with E-state index in [2.05, 4.69) is 25.7 Å². The standard InChI is InChI=1S/C16H20N6O3/c1-25-16(15(24)18-10-12-4-2-3-7-17-12)5-8-22(9-6-16)14(23)13-11-19-21-20-13/h2-4,7,11H,5-6,8-10H2,1H3,(H,18,24)(H,19,20,21). The number of nitrogens with one attached hydrogen (secondary N) is 2. The van der Waals surface area contributed by atoms with Gasteiger partial charge in [-0.25, -0.2) is 0 Å². The number of carbonyl (C=O) groups excluding carboxylic acids is 2. The lowest BCUT2D eigenvalue weighted by atomic mass is 9.89. The third kappa shape index (κ3) is 3.66. The predicted octanol–water partition coefficient (Wildman–Crippen LogP) is 0.137. The van der Waals surface area contributed by atoms with Gasteiger partial charge in [0, 0.05) is 39.2 Å². The molecule has 0 aliphatic carbocycles. The molecule has 0 aromatic carbocycles. The number of nitrogens with zero attached hydrogens (tertiary/aromatic N) is 4. The summed E-state index contributed by atoms with van der Waals surface area (Å²) in [7, 11) is 1.52. The lowest BCUT2D eigenvalue weighted by Gasteiger charge is -2.39. The molecule has 2 N–H and O–H groups in total. The molecular weight excluding hydrogens is 324 g/mol. The van der Waals surface area contributed by atoms with Crippen molar-refractivity contribution in [2.24, 2.45) is 0 Å². The summed E-state index contributed by atoms with van der Waals surface area (Å²) in [6, 6.07) is 5.54. The minimum Gasteiger partial charge on any atom is -0.368 e. The van der Waals surface area contributed by atoms with Gasteiger partial charge in [-0.05, 0) is 12.1 Å². The third-order valence-electron chi connectivity index (χ3n) is 4.45. The molecule has 1 aliphatic heterocycles. The number of piperidine rings is 1. The second-order valence-corrected chi connectivity index (χ2v) is 5.85. The minimum absolute atomic E-state index is 0.186. The fourth-order valence-corrected chi connectivity index (χ4v) is 2.90. The summed E-state index contributed by atoms with van der Waals surface area (Å²) in [5.74, 6) is -0.387. The molecule has 2 amide bonds. The second kappa shape index (κ2) is 7.39. The maximum atomic E-state index is 12.6. The summed E-state index contributed by atoms with van der Waals surface area (Å²) in [6.45, 7) is 1.17. The van der Waals surface area contributed by atoms with Crippen LogP contribution in [-0.4, -0.2) is 62.9 Å². The molecule has 0 atom stereocenters. The van der Waals surface area contributed by atoms with Crippen molar-refractivity contribution in [3.63, 3.8) is 0 Å². The average Bonchev–Trinajstić information content (AvgIpc) is 3.21. The van der Waals surface area contributed by atoms with Crippen molar-refractivity contribution in [2.45, 2.75) is 25.0 Å². The Bertz CT molecular complexity index is 711. The number of pyridine rings is 1. The lowest BCUT2D eigenvalue weighted by molar-refractivity contribution is -0.149. The van der Waals surface area contributed by atoms with Gasteiger partial charge >= 0.3 is 0 Å². The molecule has 3 rings (SSSR count). The number of ether oxygens (including phenoxy) is 1. The molecule has 1 aliphatic rings. The van der Waals surface area contributed by atoms with Gasteiger partial charge < -0.3 is 15.0 Å². The van der Waals surface area contributed by atoms with E-state index in [0.717, 1.165) is 5.69 Å². The normalized spacial score (nSPS) is 16.4. The van der Waals surface area contributed by atoms with Crippen molar-refractivity contribution in [3.05, 3.63) is 42.0 Å². The van der Waals surface area contributed by atoms with Gasteiger partial charge in [0.1, 0.15) is 5.60 Å². The number of amides is 2. The van der Waals surface area contributed by atoms with Crippen LogP contribution in [0.2, 0.25) is 0 Å². The van der Waals surface area contributed by atoms with E-state index in [1.165, 1.54) is 13.3 Å².